The Balaban J connectivity index is 1.90. The van der Waals surface area contributed by atoms with Crippen LogP contribution >= 0.6 is 11.8 Å². The lowest BCUT2D eigenvalue weighted by Crippen LogP contribution is -2.24. The first-order valence-corrected chi connectivity index (χ1v) is 11.9. The summed E-state index contributed by atoms with van der Waals surface area (Å²) in [7, 11) is 0. The van der Waals surface area contributed by atoms with Crippen LogP contribution in [0, 0.1) is 11.8 Å². The van der Waals surface area contributed by atoms with Crippen molar-refractivity contribution >= 4 is 40.7 Å². The van der Waals surface area contributed by atoms with Gasteiger partial charge < -0.3 is 10.6 Å². The number of hydrogen-bond acceptors (Lipinski definition) is 4. The molecule has 31 heavy (non-hydrogen) atoms. The number of amides is 2. The van der Waals surface area contributed by atoms with E-state index < -0.39 is 0 Å². The molecule has 1 aromatic rings. The molecule has 2 aliphatic rings. The van der Waals surface area contributed by atoms with Gasteiger partial charge in [-0.2, -0.15) is 0 Å². The average molecular weight is 441 g/mol. The number of hydrogen-bond donors (Lipinski definition) is 2. The summed E-state index contributed by atoms with van der Waals surface area (Å²) < 4.78 is 1.88. The second-order valence-electron chi connectivity index (χ2n) is 8.25. The van der Waals surface area contributed by atoms with E-state index in [1.165, 1.54) is 4.91 Å². The summed E-state index contributed by atoms with van der Waals surface area (Å²) in [6, 6.07) is 1.92. The van der Waals surface area contributed by atoms with Crippen LogP contribution in [0.1, 0.15) is 52.7 Å². The zero-order chi connectivity index (χ0) is 22.4. The largest absolute Gasteiger partial charge is 0.355 e. The Labute approximate surface area is 188 Å². The highest BCUT2D eigenvalue weighted by Gasteiger charge is 2.28. The van der Waals surface area contributed by atoms with Crippen LogP contribution in [-0.2, 0) is 9.59 Å². The molecule has 2 N–H and O–H groups in total. The van der Waals surface area contributed by atoms with Crippen LogP contribution in [0.5, 0.6) is 0 Å². The van der Waals surface area contributed by atoms with E-state index in [0.717, 1.165) is 35.6 Å². The fraction of sp³-hybridized carbons (Fsp3) is 0.458. The van der Waals surface area contributed by atoms with Crippen LogP contribution in [0.15, 0.2) is 41.4 Å². The number of rotatable bonds is 8. The number of allylic oxidation sites excluding steroid dienone is 8. The lowest BCUT2D eigenvalue weighted by Gasteiger charge is -2.16. The van der Waals surface area contributed by atoms with Gasteiger partial charge in [0.05, 0.1) is 17.3 Å². The maximum absolute atomic E-state index is 12.6. The van der Waals surface area contributed by atoms with Gasteiger partial charge in [-0.1, -0.05) is 32.1 Å². The normalized spacial score (nSPS) is 19.6. The minimum absolute atomic E-state index is 0.0837. The zero-order valence-electron chi connectivity index (χ0n) is 18.8. The fourth-order valence-electron chi connectivity index (χ4n) is 3.56. The van der Waals surface area contributed by atoms with Crippen molar-refractivity contribution in [3.8, 4) is 0 Å². The van der Waals surface area contributed by atoms with E-state index in [1.807, 2.05) is 54.6 Å². The van der Waals surface area contributed by atoms with Gasteiger partial charge in [0.25, 0.3) is 0 Å². The molecule has 3 rings (SSSR count). The maximum atomic E-state index is 12.6. The summed E-state index contributed by atoms with van der Waals surface area (Å²) in [5.74, 6) is 1.63. The Morgan fingerprint density at radius 2 is 2.23 bits per heavy atom. The standard InChI is InChI=1S/C24H32N4O2S/c1-5-8-19(6-2)28-21(17-9-7-10-20(11-17)31-15-16(3)4)13-22(27-28)26-24(30)18-12-23(29)25-14-18/h5-6,8-9,11,13,16,18H,7,10,12,14-15H2,1-4H3,(H,25,29)(H,26,27,30)/b8-5-,19-6+/t18-/m0/s1. The molecular weight excluding hydrogens is 408 g/mol. The van der Waals surface area contributed by atoms with Gasteiger partial charge in [-0.3, -0.25) is 9.59 Å². The first kappa shape index (κ1) is 23.1. The van der Waals surface area contributed by atoms with Crippen LogP contribution in [0.3, 0.4) is 0 Å². The molecule has 1 aliphatic heterocycles. The molecule has 0 unspecified atom stereocenters. The van der Waals surface area contributed by atoms with Crippen molar-refractivity contribution in [3.05, 3.63) is 47.0 Å². The lowest BCUT2D eigenvalue weighted by atomic mass is 10.0. The number of carbonyl (C=O) groups is 2. The summed E-state index contributed by atoms with van der Waals surface area (Å²) in [4.78, 5) is 25.5. The van der Waals surface area contributed by atoms with Crippen LogP contribution in [0.25, 0.3) is 11.3 Å². The number of nitrogens with one attached hydrogen (secondary N) is 2. The molecule has 0 radical (unpaired) electrons. The number of thioether (sulfide) groups is 1. The number of aromatic nitrogens is 2. The SMILES string of the molecule is C/C=C\C(=C/C)n1nc(NC(=O)[C@@H]2CNC(=O)C2)cc1C1=CCCC(SCC(C)C)=C1. The minimum Gasteiger partial charge on any atom is -0.355 e. The molecule has 1 atom stereocenters. The van der Waals surface area contributed by atoms with E-state index in [1.54, 1.807) is 0 Å². The summed E-state index contributed by atoms with van der Waals surface area (Å²) in [5, 5.41) is 10.3. The maximum Gasteiger partial charge on any atom is 0.230 e. The van der Waals surface area contributed by atoms with Crippen molar-refractivity contribution in [1.82, 2.24) is 15.1 Å². The summed E-state index contributed by atoms with van der Waals surface area (Å²) in [5.41, 5.74) is 3.00. The van der Waals surface area contributed by atoms with Gasteiger partial charge in [-0.15, -0.1) is 16.9 Å². The molecule has 2 amide bonds. The fourth-order valence-corrected chi connectivity index (χ4v) is 4.58. The quantitative estimate of drug-likeness (QED) is 0.567. The third kappa shape index (κ3) is 6.00. The van der Waals surface area contributed by atoms with E-state index >= 15 is 0 Å². The predicted octanol–water partition coefficient (Wildman–Crippen LogP) is 4.84. The van der Waals surface area contributed by atoms with Gasteiger partial charge in [-0.05, 0) is 61.0 Å². The molecule has 0 saturated carbocycles. The summed E-state index contributed by atoms with van der Waals surface area (Å²) >= 11 is 1.92. The third-order valence-corrected chi connectivity index (χ3v) is 6.68. The monoisotopic (exact) mass is 440 g/mol. The number of carbonyl (C=O) groups excluding carboxylic acids is 2. The molecule has 7 heteroatoms. The molecule has 1 saturated heterocycles. The van der Waals surface area contributed by atoms with Gasteiger partial charge in [0.15, 0.2) is 5.82 Å². The Morgan fingerprint density at radius 1 is 1.42 bits per heavy atom. The molecule has 2 heterocycles. The van der Waals surface area contributed by atoms with Crippen molar-refractivity contribution in [3.63, 3.8) is 0 Å². The van der Waals surface area contributed by atoms with E-state index in [4.69, 9.17) is 0 Å². The van der Waals surface area contributed by atoms with Crippen LogP contribution < -0.4 is 10.6 Å². The highest BCUT2D eigenvalue weighted by Crippen LogP contribution is 2.34. The first-order chi connectivity index (χ1) is 14.9. The second-order valence-corrected chi connectivity index (χ2v) is 9.39. The van der Waals surface area contributed by atoms with Gasteiger partial charge in [-0.25, -0.2) is 4.68 Å². The number of anilines is 1. The van der Waals surface area contributed by atoms with E-state index in [9.17, 15) is 9.59 Å². The molecule has 6 nitrogen and oxygen atoms in total. The van der Waals surface area contributed by atoms with Crippen molar-refractivity contribution in [1.29, 1.82) is 0 Å². The van der Waals surface area contributed by atoms with Gasteiger partial charge in [0.1, 0.15) is 0 Å². The van der Waals surface area contributed by atoms with Crippen molar-refractivity contribution in [2.75, 3.05) is 17.6 Å². The Kier molecular flexibility index (Phi) is 7.96. The predicted molar refractivity (Wildman–Crippen MR) is 129 cm³/mol. The van der Waals surface area contributed by atoms with Gasteiger partial charge in [0, 0.05) is 19.0 Å². The van der Waals surface area contributed by atoms with E-state index in [0.29, 0.717) is 18.3 Å². The molecule has 166 valence electrons. The molecular formula is C24H32N4O2S. The average Bonchev–Trinajstić information content (AvgIpc) is 3.37. The minimum atomic E-state index is -0.356. The molecule has 1 aliphatic carbocycles. The van der Waals surface area contributed by atoms with Gasteiger partial charge in [0.2, 0.25) is 11.8 Å². The van der Waals surface area contributed by atoms with E-state index in [-0.39, 0.29) is 24.2 Å². The third-order valence-electron chi connectivity index (χ3n) is 5.16. The smallest absolute Gasteiger partial charge is 0.230 e. The van der Waals surface area contributed by atoms with Crippen LogP contribution in [0.4, 0.5) is 5.82 Å². The molecule has 1 fully saturated rings. The van der Waals surface area contributed by atoms with E-state index in [2.05, 4.69) is 41.7 Å². The number of nitrogens with zero attached hydrogens (tertiary/aromatic N) is 2. The molecule has 0 aromatic carbocycles. The Morgan fingerprint density at radius 3 is 2.87 bits per heavy atom. The van der Waals surface area contributed by atoms with Crippen LogP contribution in [-0.4, -0.2) is 33.9 Å². The Hall–Kier alpha value is -2.54. The second kappa shape index (κ2) is 10.7. The molecule has 1 aromatic heterocycles. The highest BCUT2D eigenvalue weighted by molar-refractivity contribution is 8.03. The molecule has 0 spiro atoms. The van der Waals surface area contributed by atoms with Crippen LogP contribution in [0.2, 0.25) is 0 Å². The lowest BCUT2D eigenvalue weighted by molar-refractivity contribution is -0.123. The van der Waals surface area contributed by atoms with Crippen molar-refractivity contribution < 1.29 is 9.59 Å². The first-order valence-electron chi connectivity index (χ1n) is 10.9. The summed E-state index contributed by atoms with van der Waals surface area (Å²) in [6.45, 7) is 8.80. The zero-order valence-corrected chi connectivity index (χ0v) is 19.6. The highest BCUT2D eigenvalue weighted by atomic mass is 32.2. The van der Waals surface area contributed by atoms with Crippen molar-refractivity contribution in [2.24, 2.45) is 11.8 Å². The van der Waals surface area contributed by atoms with Crippen molar-refractivity contribution in [2.45, 2.75) is 47.0 Å². The summed E-state index contributed by atoms with van der Waals surface area (Å²) in [6.07, 6.45) is 12.7. The Bertz CT molecular complexity index is 953. The van der Waals surface area contributed by atoms with Gasteiger partial charge >= 0.3 is 0 Å². The molecule has 0 bridgehead atoms. The topological polar surface area (TPSA) is 76.0 Å².